The van der Waals surface area contributed by atoms with Gasteiger partial charge in [0.2, 0.25) is 0 Å². The summed E-state index contributed by atoms with van der Waals surface area (Å²) in [6.07, 6.45) is 3.01. The standard InChI is InChI=1S/C19H22N2O5S/c1-11(16(22)20-12-7-8-12)26-19(25)15(9-10-27-2)21-17(23)13-5-3-4-6-14(13)18(21)24/h3-6,11-12,15H,7-10H2,1-2H3,(H,20,22). The van der Waals surface area contributed by atoms with Crippen LogP contribution in [0.1, 0.15) is 46.9 Å². The lowest BCUT2D eigenvalue weighted by Gasteiger charge is -2.25. The molecule has 0 saturated heterocycles. The highest BCUT2D eigenvalue weighted by molar-refractivity contribution is 7.98. The molecule has 1 aromatic rings. The molecule has 0 radical (unpaired) electrons. The molecule has 1 saturated carbocycles. The highest BCUT2D eigenvalue weighted by atomic mass is 32.2. The van der Waals surface area contributed by atoms with Crippen LogP contribution in [0.5, 0.6) is 0 Å². The van der Waals surface area contributed by atoms with Crippen molar-refractivity contribution < 1.29 is 23.9 Å². The number of imide groups is 1. The number of ether oxygens (including phenoxy) is 1. The summed E-state index contributed by atoms with van der Waals surface area (Å²) in [6.45, 7) is 1.49. The molecule has 3 rings (SSSR count). The van der Waals surface area contributed by atoms with E-state index in [2.05, 4.69) is 5.32 Å². The molecule has 7 nitrogen and oxygen atoms in total. The number of hydrogen-bond donors (Lipinski definition) is 1. The van der Waals surface area contributed by atoms with Crippen molar-refractivity contribution in [2.24, 2.45) is 0 Å². The highest BCUT2D eigenvalue weighted by Gasteiger charge is 2.43. The molecule has 144 valence electrons. The van der Waals surface area contributed by atoms with Gasteiger partial charge in [0.25, 0.3) is 17.7 Å². The Hall–Kier alpha value is -2.35. The summed E-state index contributed by atoms with van der Waals surface area (Å²) in [5, 5.41) is 2.77. The van der Waals surface area contributed by atoms with E-state index >= 15 is 0 Å². The second kappa shape index (κ2) is 8.12. The molecule has 1 fully saturated rings. The molecular formula is C19H22N2O5S. The average Bonchev–Trinajstić information content (AvgIpc) is 3.43. The third-order valence-electron chi connectivity index (χ3n) is 4.59. The molecule has 8 heteroatoms. The van der Waals surface area contributed by atoms with Crippen LogP contribution in [0.2, 0.25) is 0 Å². The van der Waals surface area contributed by atoms with Gasteiger partial charge in [0.1, 0.15) is 6.04 Å². The van der Waals surface area contributed by atoms with Gasteiger partial charge in [-0.3, -0.25) is 19.3 Å². The van der Waals surface area contributed by atoms with Crippen molar-refractivity contribution in [2.75, 3.05) is 12.0 Å². The van der Waals surface area contributed by atoms with Crippen molar-refractivity contribution in [3.8, 4) is 0 Å². The minimum absolute atomic E-state index is 0.155. The number of hydrogen-bond acceptors (Lipinski definition) is 6. The fourth-order valence-electron chi connectivity index (χ4n) is 2.93. The van der Waals surface area contributed by atoms with Gasteiger partial charge in [-0.15, -0.1) is 0 Å². The first kappa shape index (κ1) is 19.4. The molecule has 2 atom stereocenters. The van der Waals surface area contributed by atoms with Crippen LogP contribution in [0, 0.1) is 0 Å². The number of fused-ring (bicyclic) bond motifs is 1. The zero-order valence-corrected chi connectivity index (χ0v) is 16.1. The quantitative estimate of drug-likeness (QED) is 0.536. The monoisotopic (exact) mass is 390 g/mol. The molecule has 1 aliphatic heterocycles. The van der Waals surface area contributed by atoms with Crippen LogP contribution in [-0.2, 0) is 14.3 Å². The van der Waals surface area contributed by atoms with Crippen LogP contribution in [0.25, 0.3) is 0 Å². The minimum atomic E-state index is -1.05. The van der Waals surface area contributed by atoms with Crippen LogP contribution in [0.4, 0.5) is 0 Å². The number of esters is 1. The molecule has 2 unspecified atom stereocenters. The maximum Gasteiger partial charge on any atom is 0.330 e. The lowest BCUT2D eigenvalue weighted by Crippen LogP contribution is -2.48. The molecule has 0 spiro atoms. The third kappa shape index (κ3) is 4.16. The first-order valence-corrected chi connectivity index (χ1v) is 10.3. The lowest BCUT2D eigenvalue weighted by atomic mass is 10.1. The summed E-state index contributed by atoms with van der Waals surface area (Å²) in [6, 6.07) is 5.58. The molecule has 1 aliphatic carbocycles. The van der Waals surface area contributed by atoms with E-state index in [9.17, 15) is 19.2 Å². The van der Waals surface area contributed by atoms with Crippen LogP contribution in [0.3, 0.4) is 0 Å². The molecule has 1 aromatic carbocycles. The zero-order valence-electron chi connectivity index (χ0n) is 15.3. The highest BCUT2D eigenvalue weighted by Crippen LogP contribution is 2.27. The molecular weight excluding hydrogens is 368 g/mol. The van der Waals surface area contributed by atoms with Crippen molar-refractivity contribution in [1.29, 1.82) is 0 Å². The maximum absolute atomic E-state index is 12.7. The number of rotatable bonds is 8. The van der Waals surface area contributed by atoms with Gasteiger partial charge in [-0.1, -0.05) is 12.1 Å². The van der Waals surface area contributed by atoms with Crippen LogP contribution in [-0.4, -0.2) is 58.8 Å². The molecule has 1 heterocycles. The SMILES string of the molecule is CSCCC(C(=O)OC(C)C(=O)NC1CC1)N1C(=O)c2ccccc2C1=O. The van der Waals surface area contributed by atoms with Gasteiger partial charge < -0.3 is 10.1 Å². The number of thioether (sulfide) groups is 1. The largest absolute Gasteiger partial charge is 0.451 e. The van der Waals surface area contributed by atoms with Gasteiger partial charge in [0.05, 0.1) is 11.1 Å². The molecule has 3 amide bonds. The van der Waals surface area contributed by atoms with Crippen molar-refractivity contribution in [3.63, 3.8) is 0 Å². The van der Waals surface area contributed by atoms with E-state index < -0.39 is 29.9 Å². The van der Waals surface area contributed by atoms with Crippen molar-refractivity contribution in [2.45, 2.75) is 44.4 Å². The third-order valence-corrected chi connectivity index (χ3v) is 5.23. The summed E-state index contributed by atoms with van der Waals surface area (Å²) in [7, 11) is 0. The van der Waals surface area contributed by atoms with E-state index in [1.54, 1.807) is 24.3 Å². The number of carbonyl (C=O) groups excluding carboxylic acids is 4. The van der Waals surface area contributed by atoms with Gasteiger partial charge in [0.15, 0.2) is 6.10 Å². The van der Waals surface area contributed by atoms with Crippen LogP contribution >= 0.6 is 11.8 Å². The van der Waals surface area contributed by atoms with Crippen LogP contribution in [0.15, 0.2) is 24.3 Å². The Balaban J connectivity index is 1.75. The summed E-state index contributed by atoms with van der Waals surface area (Å²) in [5.41, 5.74) is 0.563. The van der Waals surface area contributed by atoms with E-state index in [4.69, 9.17) is 4.74 Å². The van der Waals surface area contributed by atoms with Gasteiger partial charge in [-0.05, 0) is 50.3 Å². The number of amides is 3. The summed E-state index contributed by atoms with van der Waals surface area (Å²) < 4.78 is 5.30. The minimum Gasteiger partial charge on any atom is -0.451 e. The van der Waals surface area contributed by atoms with E-state index in [1.807, 2.05) is 6.26 Å². The molecule has 0 bridgehead atoms. The fourth-order valence-corrected chi connectivity index (χ4v) is 3.38. The van der Waals surface area contributed by atoms with Gasteiger partial charge >= 0.3 is 5.97 Å². The molecule has 1 N–H and O–H groups in total. The predicted octanol–water partition coefficient (Wildman–Crippen LogP) is 1.61. The van der Waals surface area contributed by atoms with E-state index in [0.29, 0.717) is 5.75 Å². The smallest absolute Gasteiger partial charge is 0.330 e. The number of nitrogens with zero attached hydrogens (tertiary/aromatic N) is 1. The topological polar surface area (TPSA) is 92.8 Å². The molecule has 27 heavy (non-hydrogen) atoms. The van der Waals surface area contributed by atoms with Gasteiger partial charge in [-0.2, -0.15) is 11.8 Å². The molecule has 2 aliphatic rings. The summed E-state index contributed by atoms with van der Waals surface area (Å²) in [5.74, 6) is -1.55. The van der Waals surface area contributed by atoms with Crippen molar-refractivity contribution in [1.82, 2.24) is 10.2 Å². The van der Waals surface area contributed by atoms with Crippen LogP contribution < -0.4 is 5.32 Å². The Morgan fingerprint density at radius 2 is 1.81 bits per heavy atom. The summed E-state index contributed by atoms with van der Waals surface area (Å²) in [4.78, 5) is 51.2. The predicted molar refractivity (Wildman–Crippen MR) is 100 cm³/mol. The second-order valence-electron chi connectivity index (χ2n) is 6.69. The average molecular weight is 390 g/mol. The first-order valence-electron chi connectivity index (χ1n) is 8.90. The van der Waals surface area contributed by atoms with E-state index in [1.165, 1.54) is 18.7 Å². The van der Waals surface area contributed by atoms with Crippen molar-refractivity contribution in [3.05, 3.63) is 35.4 Å². The number of nitrogens with one attached hydrogen (secondary N) is 1. The Kier molecular flexibility index (Phi) is 5.84. The van der Waals surface area contributed by atoms with E-state index in [-0.39, 0.29) is 29.5 Å². The molecule has 0 aromatic heterocycles. The Morgan fingerprint density at radius 3 is 2.33 bits per heavy atom. The van der Waals surface area contributed by atoms with Gasteiger partial charge in [0, 0.05) is 6.04 Å². The lowest BCUT2D eigenvalue weighted by molar-refractivity contribution is -0.158. The van der Waals surface area contributed by atoms with Gasteiger partial charge in [-0.25, -0.2) is 4.79 Å². The second-order valence-corrected chi connectivity index (χ2v) is 7.67. The van der Waals surface area contributed by atoms with Crippen molar-refractivity contribution >= 4 is 35.5 Å². The zero-order chi connectivity index (χ0) is 19.6. The number of carbonyl (C=O) groups is 4. The Bertz CT molecular complexity index is 742. The fraction of sp³-hybridized carbons (Fsp3) is 0.474. The Morgan fingerprint density at radius 1 is 1.22 bits per heavy atom. The first-order chi connectivity index (χ1) is 12.9. The Labute approximate surface area is 161 Å². The number of benzene rings is 1. The maximum atomic E-state index is 12.7. The summed E-state index contributed by atoms with van der Waals surface area (Å²) >= 11 is 1.50. The normalized spacial score (nSPS) is 18.1. The van der Waals surface area contributed by atoms with E-state index in [0.717, 1.165) is 17.7 Å².